The summed E-state index contributed by atoms with van der Waals surface area (Å²) in [5.41, 5.74) is 1.98. The van der Waals surface area contributed by atoms with Crippen LogP contribution >= 0.6 is 0 Å². The van der Waals surface area contributed by atoms with E-state index in [1.54, 1.807) is 31.4 Å². The molecule has 0 bridgehead atoms. The summed E-state index contributed by atoms with van der Waals surface area (Å²) in [5, 5.41) is 8.77. The predicted molar refractivity (Wildman–Crippen MR) is 119 cm³/mol. The number of amides is 2. The topological polar surface area (TPSA) is 88.7 Å². The quantitative estimate of drug-likeness (QED) is 0.436. The van der Waals surface area contributed by atoms with E-state index in [-0.39, 0.29) is 18.4 Å². The van der Waals surface area contributed by atoms with Crippen molar-refractivity contribution in [2.24, 2.45) is 0 Å². The van der Waals surface area contributed by atoms with E-state index in [0.717, 1.165) is 24.9 Å². The summed E-state index contributed by atoms with van der Waals surface area (Å²) in [7, 11) is 1.63. The van der Waals surface area contributed by atoms with Gasteiger partial charge in [-0.2, -0.15) is 0 Å². The first-order valence-corrected chi connectivity index (χ1v) is 10.3. The van der Waals surface area contributed by atoms with Gasteiger partial charge in [0.1, 0.15) is 5.75 Å². The molecule has 0 spiro atoms. The Morgan fingerprint density at radius 2 is 1.73 bits per heavy atom. The van der Waals surface area contributed by atoms with Gasteiger partial charge in [-0.1, -0.05) is 25.5 Å². The number of benzene rings is 2. The molecular formula is C23H31N3O4. The molecular weight excluding hydrogens is 382 g/mol. The molecule has 0 aliphatic carbocycles. The van der Waals surface area contributed by atoms with Gasteiger partial charge in [0.2, 0.25) is 5.91 Å². The normalized spacial score (nSPS) is 10.3. The maximum absolute atomic E-state index is 12.3. The van der Waals surface area contributed by atoms with Gasteiger partial charge >= 0.3 is 0 Å². The van der Waals surface area contributed by atoms with Crippen LogP contribution in [0.15, 0.2) is 48.5 Å². The molecule has 0 fully saturated rings. The highest BCUT2D eigenvalue weighted by molar-refractivity contribution is 5.96. The number of rotatable bonds is 13. The van der Waals surface area contributed by atoms with E-state index in [1.165, 1.54) is 0 Å². The number of carbonyl (C=O) groups is 2. The number of hydrogen-bond acceptors (Lipinski definition) is 5. The average Bonchev–Trinajstić information content (AvgIpc) is 2.77. The third-order valence-corrected chi connectivity index (χ3v) is 4.33. The fourth-order valence-electron chi connectivity index (χ4n) is 2.66. The van der Waals surface area contributed by atoms with E-state index in [9.17, 15) is 9.59 Å². The summed E-state index contributed by atoms with van der Waals surface area (Å²) in [6.45, 7) is 4.00. The van der Waals surface area contributed by atoms with E-state index in [4.69, 9.17) is 9.47 Å². The van der Waals surface area contributed by atoms with E-state index in [2.05, 4.69) is 22.9 Å². The first-order chi connectivity index (χ1) is 14.6. The second-order valence-electron chi connectivity index (χ2n) is 6.78. The van der Waals surface area contributed by atoms with Crippen molar-refractivity contribution in [3.63, 3.8) is 0 Å². The number of methoxy groups -OCH3 is 1. The molecule has 7 nitrogen and oxygen atoms in total. The molecule has 0 heterocycles. The maximum atomic E-state index is 12.3. The van der Waals surface area contributed by atoms with Gasteiger partial charge in [-0.15, -0.1) is 0 Å². The van der Waals surface area contributed by atoms with Gasteiger partial charge in [0, 0.05) is 31.5 Å². The summed E-state index contributed by atoms with van der Waals surface area (Å²) in [4.78, 5) is 24.4. The zero-order valence-electron chi connectivity index (χ0n) is 17.7. The first-order valence-electron chi connectivity index (χ1n) is 10.3. The molecule has 162 valence electrons. The zero-order valence-corrected chi connectivity index (χ0v) is 17.7. The Bertz CT molecular complexity index is 793. The molecule has 0 saturated heterocycles. The molecule has 0 aliphatic heterocycles. The third kappa shape index (κ3) is 8.13. The van der Waals surface area contributed by atoms with E-state index in [0.29, 0.717) is 36.8 Å². The van der Waals surface area contributed by atoms with Crippen LogP contribution < -0.4 is 20.7 Å². The molecule has 0 atom stereocenters. The minimum atomic E-state index is -0.179. The third-order valence-electron chi connectivity index (χ3n) is 4.33. The molecule has 0 saturated carbocycles. The molecule has 2 rings (SSSR count). The molecule has 30 heavy (non-hydrogen) atoms. The predicted octanol–water partition coefficient (Wildman–Crippen LogP) is 3.68. The summed E-state index contributed by atoms with van der Waals surface area (Å²) in [6, 6.07) is 14.4. The summed E-state index contributed by atoms with van der Waals surface area (Å²) >= 11 is 0. The molecule has 3 N–H and O–H groups in total. The maximum Gasteiger partial charge on any atom is 0.251 e. The van der Waals surface area contributed by atoms with Crippen molar-refractivity contribution in [3.8, 4) is 5.75 Å². The van der Waals surface area contributed by atoms with Crippen LogP contribution in [0.3, 0.4) is 0 Å². The number of unbranched alkanes of at least 4 members (excludes halogenated alkanes) is 1. The Morgan fingerprint density at radius 3 is 2.47 bits per heavy atom. The molecule has 2 aromatic rings. The van der Waals surface area contributed by atoms with Crippen LogP contribution in [-0.2, 0) is 9.53 Å². The van der Waals surface area contributed by atoms with Crippen LogP contribution in [0.1, 0.15) is 36.5 Å². The summed E-state index contributed by atoms with van der Waals surface area (Å²) < 4.78 is 10.7. The van der Waals surface area contributed by atoms with Crippen LogP contribution in [-0.4, -0.2) is 45.2 Å². The fourth-order valence-corrected chi connectivity index (χ4v) is 2.66. The van der Waals surface area contributed by atoms with Crippen molar-refractivity contribution >= 4 is 23.2 Å². The Labute approximate surface area is 178 Å². The van der Waals surface area contributed by atoms with Crippen molar-refractivity contribution < 1.29 is 19.1 Å². The molecule has 0 aromatic heterocycles. The largest absolute Gasteiger partial charge is 0.491 e. The number of para-hydroxylation sites is 2. The lowest BCUT2D eigenvalue weighted by atomic mass is 10.2. The van der Waals surface area contributed by atoms with Crippen LogP contribution in [0.4, 0.5) is 11.4 Å². The van der Waals surface area contributed by atoms with Crippen molar-refractivity contribution in [2.75, 3.05) is 44.0 Å². The number of hydrogen-bond donors (Lipinski definition) is 3. The zero-order chi connectivity index (χ0) is 21.6. The van der Waals surface area contributed by atoms with Crippen LogP contribution in [0.25, 0.3) is 0 Å². The van der Waals surface area contributed by atoms with Crippen molar-refractivity contribution in [2.45, 2.75) is 26.2 Å². The number of ether oxygens (including phenoxy) is 2. The van der Waals surface area contributed by atoms with Gasteiger partial charge in [-0.3, -0.25) is 9.59 Å². The van der Waals surface area contributed by atoms with Crippen molar-refractivity contribution in [1.29, 1.82) is 0 Å². The second-order valence-corrected chi connectivity index (χ2v) is 6.78. The van der Waals surface area contributed by atoms with E-state index < -0.39 is 0 Å². The lowest BCUT2D eigenvalue weighted by Crippen LogP contribution is -2.25. The van der Waals surface area contributed by atoms with Gasteiger partial charge in [0.05, 0.1) is 18.8 Å². The van der Waals surface area contributed by atoms with Gasteiger partial charge in [-0.05, 0) is 49.2 Å². The Kier molecular flexibility index (Phi) is 10.2. The first kappa shape index (κ1) is 23.2. The Hall–Kier alpha value is -3.06. The molecule has 2 aromatic carbocycles. The van der Waals surface area contributed by atoms with Gasteiger partial charge < -0.3 is 25.4 Å². The van der Waals surface area contributed by atoms with Crippen LogP contribution in [0.5, 0.6) is 5.75 Å². The average molecular weight is 414 g/mol. The molecule has 0 unspecified atom stereocenters. The number of anilines is 2. The minimum Gasteiger partial charge on any atom is -0.491 e. The fraction of sp³-hybridized carbons (Fsp3) is 0.391. The second kappa shape index (κ2) is 13.2. The Balaban J connectivity index is 1.80. The highest BCUT2D eigenvalue weighted by Crippen LogP contribution is 2.24. The molecule has 7 heteroatoms. The lowest BCUT2D eigenvalue weighted by Gasteiger charge is -2.13. The smallest absolute Gasteiger partial charge is 0.251 e. The lowest BCUT2D eigenvalue weighted by molar-refractivity contribution is -0.114. The monoisotopic (exact) mass is 413 g/mol. The van der Waals surface area contributed by atoms with Crippen LogP contribution in [0, 0.1) is 0 Å². The summed E-state index contributed by atoms with van der Waals surface area (Å²) in [5.74, 6) is 0.358. The summed E-state index contributed by atoms with van der Waals surface area (Å²) in [6.07, 6.45) is 2.78. The van der Waals surface area contributed by atoms with Crippen molar-refractivity contribution in [1.82, 2.24) is 5.32 Å². The van der Waals surface area contributed by atoms with E-state index in [1.807, 2.05) is 24.3 Å². The number of nitrogens with one attached hydrogen (secondary N) is 3. The SMILES string of the molecule is CCCCOc1ccccc1NC(=O)CNc1ccc(C(=O)NCCCOC)cc1. The van der Waals surface area contributed by atoms with Crippen LogP contribution in [0.2, 0.25) is 0 Å². The minimum absolute atomic E-state index is 0.103. The van der Waals surface area contributed by atoms with Gasteiger partial charge in [0.25, 0.3) is 5.91 Å². The van der Waals surface area contributed by atoms with E-state index >= 15 is 0 Å². The van der Waals surface area contributed by atoms with Crippen molar-refractivity contribution in [3.05, 3.63) is 54.1 Å². The van der Waals surface area contributed by atoms with Gasteiger partial charge in [0.15, 0.2) is 0 Å². The standard InChI is InChI=1S/C23H31N3O4/c1-3-4-16-30-21-9-6-5-8-20(21)26-22(27)17-25-19-12-10-18(11-13-19)23(28)24-14-7-15-29-2/h5-6,8-13,25H,3-4,7,14-17H2,1-2H3,(H,24,28)(H,26,27). The Morgan fingerprint density at radius 1 is 0.967 bits per heavy atom. The van der Waals surface area contributed by atoms with Gasteiger partial charge in [-0.25, -0.2) is 0 Å². The molecule has 0 aliphatic rings. The molecule has 0 radical (unpaired) electrons. The number of carbonyl (C=O) groups excluding carboxylic acids is 2. The highest BCUT2D eigenvalue weighted by Gasteiger charge is 2.08. The highest BCUT2D eigenvalue weighted by atomic mass is 16.5. The molecule has 2 amide bonds.